The quantitative estimate of drug-likeness (QED) is 0.486. The molecular formula is C21H22F2N4O5S. The van der Waals surface area contributed by atoms with Gasteiger partial charge >= 0.3 is 6.61 Å². The average molecular weight is 480 g/mol. The zero-order chi connectivity index (χ0) is 23.4. The molecule has 1 aliphatic rings. The van der Waals surface area contributed by atoms with Crippen LogP contribution in [0.1, 0.15) is 5.89 Å². The molecule has 1 aromatic heterocycles. The molecule has 9 nitrogen and oxygen atoms in total. The molecule has 0 bridgehead atoms. The maximum Gasteiger partial charge on any atom is 0.387 e. The summed E-state index contributed by atoms with van der Waals surface area (Å²) < 4.78 is 67.5. The third-order valence-corrected chi connectivity index (χ3v) is 7.13. The summed E-state index contributed by atoms with van der Waals surface area (Å²) >= 11 is 0. The van der Waals surface area contributed by atoms with Crippen LogP contribution in [-0.4, -0.2) is 67.7 Å². The van der Waals surface area contributed by atoms with Crippen molar-refractivity contribution in [1.82, 2.24) is 19.3 Å². The fraction of sp³-hybridized carbons (Fsp3) is 0.333. The van der Waals surface area contributed by atoms with E-state index in [-0.39, 0.29) is 23.7 Å². The Morgan fingerprint density at radius 1 is 1.06 bits per heavy atom. The van der Waals surface area contributed by atoms with Crippen molar-refractivity contribution in [3.05, 3.63) is 54.4 Å². The lowest BCUT2D eigenvalue weighted by atomic mass is 10.2. The number of alkyl halides is 2. The predicted molar refractivity (Wildman–Crippen MR) is 113 cm³/mol. The average Bonchev–Trinajstić information content (AvgIpc) is 3.28. The van der Waals surface area contributed by atoms with E-state index in [1.165, 1.54) is 28.6 Å². The molecule has 0 amide bonds. The summed E-state index contributed by atoms with van der Waals surface area (Å²) in [5.41, 5.74) is 0.784. The molecule has 0 atom stereocenters. The van der Waals surface area contributed by atoms with Crippen LogP contribution in [0.2, 0.25) is 0 Å². The Bertz CT molecular complexity index is 1180. The van der Waals surface area contributed by atoms with E-state index < -0.39 is 16.6 Å². The molecule has 3 aromatic rings. The molecule has 2 aromatic carbocycles. The molecular weight excluding hydrogens is 458 g/mol. The fourth-order valence-corrected chi connectivity index (χ4v) is 5.03. The number of methoxy groups -OCH3 is 1. The predicted octanol–water partition coefficient (Wildman–Crippen LogP) is 2.85. The Morgan fingerprint density at radius 3 is 2.42 bits per heavy atom. The van der Waals surface area contributed by atoms with Crippen molar-refractivity contribution in [2.24, 2.45) is 0 Å². The van der Waals surface area contributed by atoms with E-state index in [2.05, 4.69) is 14.9 Å². The maximum absolute atomic E-state index is 13.0. The number of nitrogens with zero attached hydrogens (tertiary/aromatic N) is 4. The van der Waals surface area contributed by atoms with Crippen molar-refractivity contribution in [3.63, 3.8) is 0 Å². The first-order valence-electron chi connectivity index (χ1n) is 10.1. The van der Waals surface area contributed by atoms with Gasteiger partial charge in [0.05, 0.1) is 13.7 Å². The number of para-hydroxylation sites is 1. The van der Waals surface area contributed by atoms with Gasteiger partial charge in [-0.3, -0.25) is 4.90 Å². The molecule has 0 spiro atoms. The molecule has 0 aliphatic carbocycles. The molecule has 1 aliphatic heterocycles. The number of rotatable bonds is 8. The van der Waals surface area contributed by atoms with Crippen molar-refractivity contribution in [1.29, 1.82) is 0 Å². The van der Waals surface area contributed by atoms with Gasteiger partial charge in [0, 0.05) is 31.7 Å². The number of hydrogen-bond donors (Lipinski definition) is 0. The SMILES string of the molecule is COc1ccc(-c2noc(CN3CCN(S(=O)(=O)c4ccccc4OC(F)F)CC3)n2)cc1. The summed E-state index contributed by atoms with van der Waals surface area (Å²) in [5, 5.41) is 4.00. The Morgan fingerprint density at radius 2 is 1.76 bits per heavy atom. The van der Waals surface area contributed by atoms with Crippen LogP contribution in [-0.2, 0) is 16.6 Å². The number of benzene rings is 2. The zero-order valence-electron chi connectivity index (χ0n) is 17.7. The van der Waals surface area contributed by atoms with E-state index >= 15 is 0 Å². The highest BCUT2D eigenvalue weighted by Gasteiger charge is 2.31. The monoisotopic (exact) mass is 480 g/mol. The zero-order valence-corrected chi connectivity index (χ0v) is 18.5. The van der Waals surface area contributed by atoms with Crippen molar-refractivity contribution < 1.29 is 31.2 Å². The van der Waals surface area contributed by atoms with Crippen LogP contribution >= 0.6 is 0 Å². The number of ether oxygens (including phenoxy) is 2. The fourth-order valence-electron chi connectivity index (χ4n) is 3.49. The van der Waals surface area contributed by atoms with Gasteiger partial charge in [0.25, 0.3) is 0 Å². The van der Waals surface area contributed by atoms with Crippen LogP contribution < -0.4 is 9.47 Å². The number of sulfonamides is 1. The summed E-state index contributed by atoms with van der Waals surface area (Å²) in [6, 6.07) is 12.6. The van der Waals surface area contributed by atoms with Gasteiger partial charge in [-0.1, -0.05) is 17.3 Å². The lowest BCUT2D eigenvalue weighted by molar-refractivity contribution is -0.0518. The maximum atomic E-state index is 13.0. The van der Waals surface area contributed by atoms with Gasteiger partial charge in [-0.05, 0) is 36.4 Å². The first-order chi connectivity index (χ1) is 15.9. The van der Waals surface area contributed by atoms with Gasteiger partial charge in [0.1, 0.15) is 16.4 Å². The van der Waals surface area contributed by atoms with Crippen LogP contribution in [0.3, 0.4) is 0 Å². The Labute approximate surface area is 189 Å². The molecule has 0 radical (unpaired) electrons. The molecule has 33 heavy (non-hydrogen) atoms. The van der Waals surface area contributed by atoms with E-state index in [4.69, 9.17) is 9.26 Å². The standard InChI is InChI=1S/C21H22F2N4O5S/c1-30-16-8-6-15(7-9-16)20-24-19(32-25-20)14-26-10-12-27(13-11-26)33(28,29)18-5-3-2-4-17(18)31-21(22)23/h2-9,21H,10-14H2,1H3. The van der Waals surface area contributed by atoms with E-state index in [1.54, 1.807) is 19.2 Å². The van der Waals surface area contributed by atoms with Gasteiger partial charge in [-0.25, -0.2) is 8.42 Å². The smallest absolute Gasteiger partial charge is 0.387 e. The first kappa shape index (κ1) is 23.1. The van der Waals surface area contributed by atoms with Crippen molar-refractivity contribution in [2.45, 2.75) is 18.1 Å². The molecule has 4 rings (SSSR count). The first-order valence-corrected chi connectivity index (χ1v) is 11.5. The molecule has 12 heteroatoms. The summed E-state index contributed by atoms with van der Waals surface area (Å²) in [4.78, 5) is 6.11. The minimum atomic E-state index is -3.99. The molecule has 2 heterocycles. The van der Waals surface area contributed by atoms with E-state index in [0.29, 0.717) is 31.3 Å². The van der Waals surface area contributed by atoms with Crippen molar-refractivity contribution >= 4 is 10.0 Å². The third kappa shape index (κ3) is 5.29. The van der Waals surface area contributed by atoms with E-state index in [1.807, 2.05) is 17.0 Å². The molecule has 176 valence electrons. The molecule has 1 fully saturated rings. The van der Waals surface area contributed by atoms with Crippen LogP contribution in [0.25, 0.3) is 11.4 Å². The number of aromatic nitrogens is 2. The summed E-state index contributed by atoms with van der Waals surface area (Å²) in [7, 11) is -2.40. The van der Waals surface area contributed by atoms with E-state index in [0.717, 1.165) is 11.3 Å². The van der Waals surface area contributed by atoms with Gasteiger partial charge in [0.2, 0.25) is 21.7 Å². The Balaban J connectivity index is 1.38. The second-order valence-corrected chi connectivity index (χ2v) is 9.15. The van der Waals surface area contributed by atoms with Crippen LogP contribution in [0.15, 0.2) is 57.9 Å². The second-order valence-electron chi connectivity index (χ2n) is 7.25. The lowest BCUT2D eigenvalue weighted by Crippen LogP contribution is -2.48. The molecule has 0 N–H and O–H groups in total. The number of hydrogen-bond acceptors (Lipinski definition) is 8. The van der Waals surface area contributed by atoms with Gasteiger partial charge in [-0.15, -0.1) is 0 Å². The third-order valence-electron chi connectivity index (χ3n) is 5.19. The van der Waals surface area contributed by atoms with Crippen LogP contribution in [0.5, 0.6) is 11.5 Å². The van der Waals surface area contributed by atoms with E-state index in [9.17, 15) is 17.2 Å². The molecule has 0 unspecified atom stereocenters. The van der Waals surface area contributed by atoms with Crippen molar-refractivity contribution in [3.8, 4) is 22.9 Å². The minimum Gasteiger partial charge on any atom is -0.497 e. The van der Waals surface area contributed by atoms with Gasteiger partial charge in [0.15, 0.2) is 0 Å². The van der Waals surface area contributed by atoms with Gasteiger partial charge in [-0.2, -0.15) is 18.1 Å². The Kier molecular flexibility index (Phi) is 6.86. The minimum absolute atomic E-state index is 0.185. The second kappa shape index (κ2) is 9.81. The number of halogens is 2. The van der Waals surface area contributed by atoms with Crippen LogP contribution in [0.4, 0.5) is 8.78 Å². The normalized spacial score (nSPS) is 15.6. The highest BCUT2D eigenvalue weighted by atomic mass is 32.2. The Hall–Kier alpha value is -3.09. The lowest BCUT2D eigenvalue weighted by Gasteiger charge is -2.33. The topological polar surface area (TPSA) is 98.0 Å². The molecule has 1 saturated heterocycles. The molecule has 0 saturated carbocycles. The highest BCUT2D eigenvalue weighted by molar-refractivity contribution is 7.89. The largest absolute Gasteiger partial charge is 0.497 e. The number of piperazine rings is 1. The summed E-state index contributed by atoms with van der Waals surface area (Å²) in [6.45, 7) is -1.55. The van der Waals surface area contributed by atoms with Gasteiger partial charge < -0.3 is 14.0 Å². The summed E-state index contributed by atoms with van der Waals surface area (Å²) in [5.74, 6) is 1.21. The summed E-state index contributed by atoms with van der Waals surface area (Å²) in [6.07, 6.45) is 0. The highest BCUT2D eigenvalue weighted by Crippen LogP contribution is 2.28. The van der Waals surface area contributed by atoms with Crippen molar-refractivity contribution in [2.75, 3.05) is 33.3 Å². The van der Waals surface area contributed by atoms with Crippen LogP contribution in [0, 0.1) is 0 Å².